The number of amides is 1. The molecule has 17 heavy (non-hydrogen) atoms. The Morgan fingerprint density at radius 2 is 2.29 bits per heavy atom. The minimum Gasteiger partial charge on any atom is -0.383 e. The lowest BCUT2D eigenvalue weighted by atomic mass is 10.2. The van der Waals surface area contributed by atoms with Crippen LogP contribution in [0.25, 0.3) is 0 Å². The second kappa shape index (κ2) is 4.74. The highest BCUT2D eigenvalue weighted by atomic mass is 127. The van der Waals surface area contributed by atoms with Gasteiger partial charge in [-0.1, -0.05) is 6.07 Å². The number of nitrogen functional groups attached to an aromatic ring is 1. The molecular formula is C11H11IN4O. The zero-order valence-corrected chi connectivity index (χ0v) is 11.3. The van der Waals surface area contributed by atoms with Crippen LogP contribution in [0.15, 0.2) is 30.5 Å². The van der Waals surface area contributed by atoms with Crippen LogP contribution in [0.5, 0.6) is 0 Å². The second-order valence-electron chi connectivity index (χ2n) is 3.53. The molecule has 6 heteroatoms. The third-order valence-corrected chi connectivity index (χ3v) is 2.98. The van der Waals surface area contributed by atoms with Gasteiger partial charge in [0, 0.05) is 16.3 Å². The summed E-state index contributed by atoms with van der Waals surface area (Å²) in [6, 6.07) is 7.54. The van der Waals surface area contributed by atoms with Gasteiger partial charge in [0.25, 0.3) is 5.91 Å². The van der Waals surface area contributed by atoms with E-state index < -0.39 is 0 Å². The summed E-state index contributed by atoms with van der Waals surface area (Å²) < 4.78 is 2.52. The third-order valence-electron chi connectivity index (χ3n) is 2.31. The van der Waals surface area contributed by atoms with Gasteiger partial charge in [0.15, 0.2) is 0 Å². The molecule has 5 nitrogen and oxygen atoms in total. The van der Waals surface area contributed by atoms with Gasteiger partial charge >= 0.3 is 0 Å². The van der Waals surface area contributed by atoms with Crippen LogP contribution in [-0.2, 0) is 7.05 Å². The number of carbonyl (C=O) groups excluding carboxylic acids is 1. The first-order valence-corrected chi connectivity index (χ1v) is 6.00. The molecule has 0 aliphatic carbocycles. The number of aromatic nitrogens is 2. The molecule has 1 heterocycles. The topological polar surface area (TPSA) is 72.9 Å². The smallest absolute Gasteiger partial charge is 0.261 e. The molecule has 1 aromatic heterocycles. The fourth-order valence-corrected chi connectivity index (χ4v) is 1.93. The van der Waals surface area contributed by atoms with Crippen molar-refractivity contribution in [3.63, 3.8) is 0 Å². The van der Waals surface area contributed by atoms with Gasteiger partial charge in [0.1, 0.15) is 11.4 Å². The van der Waals surface area contributed by atoms with Crippen LogP contribution in [0, 0.1) is 3.57 Å². The van der Waals surface area contributed by atoms with E-state index in [4.69, 9.17) is 5.73 Å². The quantitative estimate of drug-likeness (QED) is 0.819. The first-order valence-electron chi connectivity index (χ1n) is 4.92. The molecule has 88 valence electrons. The van der Waals surface area contributed by atoms with Crippen molar-refractivity contribution in [2.75, 3.05) is 11.1 Å². The third kappa shape index (κ3) is 2.57. The second-order valence-corrected chi connectivity index (χ2v) is 4.78. The summed E-state index contributed by atoms with van der Waals surface area (Å²) in [5.74, 6) is 0.103. The van der Waals surface area contributed by atoms with E-state index in [-0.39, 0.29) is 5.91 Å². The monoisotopic (exact) mass is 342 g/mol. The van der Waals surface area contributed by atoms with E-state index in [9.17, 15) is 4.79 Å². The van der Waals surface area contributed by atoms with Gasteiger partial charge in [-0.3, -0.25) is 9.48 Å². The normalized spacial score (nSPS) is 10.2. The fraction of sp³-hybridized carbons (Fsp3) is 0.0909. The SMILES string of the molecule is Cn1ncc(C(=O)Nc2cccc(I)c2)c1N. The number of carbonyl (C=O) groups is 1. The molecular weight excluding hydrogens is 331 g/mol. The summed E-state index contributed by atoms with van der Waals surface area (Å²) >= 11 is 2.19. The molecule has 0 saturated heterocycles. The molecule has 0 atom stereocenters. The Morgan fingerprint density at radius 3 is 2.88 bits per heavy atom. The summed E-state index contributed by atoms with van der Waals surface area (Å²) in [6.07, 6.45) is 1.46. The van der Waals surface area contributed by atoms with Crippen molar-refractivity contribution in [3.05, 3.63) is 39.6 Å². The molecule has 0 radical (unpaired) electrons. The standard InChI is InChI=1S/C11H11IN4O/c1-16-10(13)9(6-14-16)11(17)15-8-4-2-3-7(12)5-8/h2-6H,13H2,1H3,(H,15,17). The average molecular weight is 342 g/mol. The first-order chi connectivity index (χ1) is 8.08. The highest BCUT2D eigenvalue weighted by molar-refractivity contribution is 14.1. The zero-order chi connectivity index (χ0) is 12.4. The van der Waals surface area contributed by atoms with Gasteiger partial charge < -0.3 is 11.1 Å². The van der Waals surface area contributed by atoms with Crippen LogP contribution in [-0.4, -0.2) is 15.7 Å². The van der Waals surface area contributed by atoms with Gasteiger partial charge in [-0.2, -0.15) is 5.10 Å². The average Bonchev–Trinajstić information content (AvgIpc) is 2.60. The van der Waals surface area contributed by atoms with Gasteiger partial charge in [0.2, 0.25) is 0 Å². The van der Waals surface area contributed by atoms with E-state index in [0.717, 1.165) is 9.26 Å². The minimum atomic E-state index is -0.252. The van der Waals surface area contributed by atoms with Crippen molar-refractivity contribution in [3.8, 4) is 0 Å². The van der Waals surface area contributed by atoms with Gasteiger partial charge in [0.05, 0.1) is 6.20 Å². The maximum atomic E-state index is 11.9. The largest absolute Gasteiger partial charge is 0.383 e. The fourth-order valence-electron chi connectivity index (χ4n) is 1.39. The number of anilines is 2. The maximum Gasteiger partial charge on any atom is 0.261 e. The van der Waals surface area contributed by atoms with Gasteiger partial charge in [-0.25, -0.2) is 0 Å². The summed E-state index contributed by atoms with van der Waals surface area (Å²) in [5, 5.41) is 6.70. The van der Waals surface area contributed by atoms with Crippen LogP contribution >= 0.6 is 22.6 Å². The molecule has 0 fully saturated rings. The molecule has 2 rings (SSSR count). The van der Waals surface area contributed by atoms with E-state index in [1.54, 1.807) is 7.05 Å². The van der Waals surface area contributed by atoms with Crippen molar-refractivity contribution >= 4 is 40.0 Å². The highest BCUT2D eigenvalue weighted by Gasteiger charge is 2.13. The van der Waals surface area contributed by atoms with Crippen molar-refractivity contribution < 1.29 is 4.79 Å². The number of benzene rings is 1. The molecule has 2 aromatic rings. The number of hydrogen-bond acceptors (Lipinski definition) is 3. The highest BCUT2D eigenvalue weighted by Crippen LogP contribution is 2.15. The molecule has 0 aliphatic rings. The van der Waals surface area contributed by atoms with Crippen molar-refractivity contribution in [1.29, 1.82) is 0 Å². The lowest BCUT2D eigenvalue weighted by Crippen LogP contribution is -2.13. The summed E-state index contributed by atoms with van der Waals surface area (Å²) in [4.78, 5) is 11.9. The maximum absolute atomic E-state index is 11.9. The van der Waals surface area contributed by atoms with E-state index in [0.29, 0.717) is 11.4 Å². The Labute approximate surface area is 112 Å². The van der Waals surface area contributed by atoms with Crippen molar-refractivity contribution in [1.82, 2.24) is 9.78 Å². The number of nitrogens with one attached hydrogen (secondary N) is 1. The van der Waals surface area contributed by atoms with Crippen LogP contribution in [0.4, 0.5) is 11.5 Å². The Bertz CT molecular complexity index is 564. The van der Waals surface area contributed by atoms with Crippen molar-refractivity contribution in [2.24, 2.45) is 7.05 Å². The molecule has 0 unspecified atom stereocenters. The summed E-state index contributed by atoms with van der Waals surface area (Å²) in [6.45, 7) is 0. The Hall–Kier alpha value is -1.57. The molecule has 3 N–H and O–H groups in total. The zero-order valence-electron chi connectivity index (χ0n) is 9.14. The molecule has 0 bridgehead atoms. The molecule has 0 spiro atoms. The number of aryl methyl sites for hydroxylation is 1. The Kier molecular flexibility index (Phi) is 3.32. The molecule has 1 amide bonds. The predicted molar refractivity (Wildman–Crippen MR) is 74.7 cm³/mol. The number of rotatable bonds is 2. The van der Waals surface area contributed by atoms with Crippen LogP contribution in [0.1, 0.15) is 10.4 Å². The molecule has 0 aliphatic heterocycles. The van der Waals surface area contributed by atoms with E-state index in [2.05, 4.69) is 33.0 Å². The van der Waals surface area contributed by atoms with Crippen molar-refractivity contribution in [2.45, 2.75) is 0 Å². The lowest BCUT2D eigenvalue weighted by molar-refractivity contribution is 0.102. The number of halogens is 1. The van der Waals surface area contributed by atoms with Gasteiger partial charge in [-0.05, 0) is 40.8 Å². The predicted octanol–water partition coefficient (Wildman–Crippen LogP) is 1.86. The molecule has 1 aromatic carbocycles. The number of hydrogen-bond donors (Lipinski definition) is 2. The van der Waals surface area contributed by atoms with Gasteiger partial charge in [-0.15, -0.1) is 0 Å². The van der Waals surface area contributed by atoms with E-state index >= 15 is 0 Å². The van der Waals surface area contributed by atoms with Crippen LogP contribution in [0.3, 0.4) is 0 Å². The van der Waals surface area contributed by atoms with E-state index in [1.807, 2.05) is 24.3 Å². The first kappa shape index (κ1) is 11.9. The number of nitrogens with zero attached hydrogens (tertiary/aromatic N) is 2. The Morgan fingerprint density at radius 1 is 1.53 bits per heavy atom. The summed E-state index contributed by atoms with van der Waals surface area (Å²) in [5.41, 5.74) is 6.85. The number of nitrogens with two attached hydrogens (primary N) is 1. The molecule has 0 saturated carbocycles. The lowest BCUT2D eigenvalue weighted by Gasteiger charge is -2.04. The Balaban J connectivity index is 2.20. The van der Waals surface area contributed by atoms with E-state index in [1.165, 1.54) is 10.9 Å². The van der Waals surface area contributed by atoms with Crippen LogP contribution in [0.2, 0.25) is 0 Å². The van der Waals surface area contributed by atoms with Crippen LogP contribution < -0.4 is 11.1 Å². The summed E-state index contributed by atoms with van der Waals surface area (Å²) in [7, 11) is 1.69. The minimum absolute atomic E-state index is 0.252.